The van der Waals surface area contributed by atoms with E-state index in [1.807, 2.05) is 48.5 Å². The Morgan fingerprint density at radius 3 is 2.67 bits per heavy atom. The minimum atomic E-state index is -0.0394. The Bertz CT molecular complexity index is 1010. The highest BCUT2D eigenvalue weighted by Gasteiger charge is 2.32. The first-order valence-electron chi connectivity index (χ1n) is 8.63. The van der Waals surface area contributed by atoms with Crippen LogP contribution < -0.4 is 10.1 Å². The molecule has 136 valence electrons. The minimum Gasteiger partial charge on any atom is -0.497 e. The summed E-state index contributed by atoms with van der Waals surface area (Å²) in [6, 6.07) is 13.9. The summed E-state index contributed by atoms with van der Waals surface area (Å²) < 4.78 is 5.25. The summed E-state index contributed by atoms with van der Waals surface area (Å²) in [5, 5.41) is 10.3. The Hall–Kier alpha value is -3.06. The Morgan fingerprint density at radius 2 is 1.93 bits per heavy atom. The summed E-state index contributed by atoms with van der Waals surface area (Å²) in [7, 11) is 3.47. The largest absolute Gasteiger partial charge is 0.497 e. The zero-order valence-electron chi connectivity index (χ0n) is 15.1. The van der Waals surface area contributed by atoms with E-state index in [9.17, 15) is 0 Å². The van der Waals surface area contributed by atoms with Crippen LogP contribution in [0.25, 0.3) is 11.0 Å². The van der Waals surface area contributed by atoms with Gasteiger partial charge >= 0.3 is 0 Å². The van der Waals surface area contributed by atoms with Crippen molar-refractivity contribution in [2.75, 3.05) is 14.2 Å². The first-order valence-corrected chi connectivity index (χ1v) is 9.04. The van der Waals surface area contributed by atoms with Crippen LogP contribution in [-0.2, 0) is 0 Å². The zero-order chi connectivity index (χ0) is 18.8. The van der Waals surface area contributed by atoms with Crippen molar-refractivity contribution >= 4 is 34.1 Å². The standard InChI is InChI=1S/C20H19N5OS/c1-21-20(27)25-18(15-4-3-5-16-19(15)23-11-10-22-16)12-17(24-25)13-6-8-14(26-2)9-7-13/h3-11,18H,12H2,1-2H3,(H,21,27)/t18-/m1/s1. The minimum absolute atomic E-state index is 0.0394. The van der Waals surface area contributed by atoms with Gasteiger partial charge in [0.2, 0.25) is 0 Å². The number of benzene rings is 2. The van der Waals surface area contributed by atoms with E-state index in [1.54, 1.807) is 19.5 Å². The van der Waals surface area contributed by atoms with Crippen LogP contribution in [0.2, 0.25) is 0 Å². The van der Waals surface area contributed by atoms with Crippen molar-refractivity contribution in [2.24, 2.45) is 5.10 Å². The van der Waals surface area contributed by atoms with Crippen molar-refractivity contribution in [2.45, 2.75) is 12.5 Å². The normalized spacial score (nSPS) is 16.3. The Morgan fingerprint density at radius 1 is 1.15 bits per heavy atom. The maximum Gasteiger partial charge on any atom is 0.189 e. The lowest BCUT2D eigenvalue weighted by Crippen LogP contribution is -2.34. The lowest BCUT2D eigenvalue weighted by molar-refractivity contribution is 0.368. The second-order valence-corrected chi connectivity index (χ2v) is 6.55. The van der Waals surface area contributed by atoms with Gasteiger partial charge in [0, 0.05) is 31.4 Å². The zero-order valence-corrected chi connectivity index (χ0v) is 15.9. The van der Waals surface area contributed by atoms with Crippen molar-refractivity contribution in [3.63, 3.8) is 0 Å². The van der Waals surface area contributed by atoms with Gasteiger partial charge in [-0.05, 0) is 48.1 Å². The van der Waals surface area contributed by atoms with E-state index in [4.69, 9.17) is 22.1 Å². The van der Waals surface area contributed by atoms with Crippen LogP contribution in [0.3, 0.4) is 0 Å². The van der Waals surface area contributed by atoms with E-state index < -0.39 is 0 Å². The van der Waals surface area contributed by atoms with Gasteiger partial charge in [0.25, 0.3) is 0 Å². The fourth-order valence-corrected chi connectivity index (χ4v) is 3.46. The molecule has 2 aromatic carbocycles. The van der Waals surface area contributed by atoms with Crippen molar-refractivity contribution in [1.82, 2.24) is 20.3 Å². The molecular formula is C20H19N5OS. The molecule has 0 radical (unpaired) electrons. The van der Waals surface area contributed by atoms with Gasteiger partial charge in [0.1, 0.15) is 5.75 Å². The highest BCUT2D eigenvalue weighted by atomic mass is 32.1. The van der Waals surface area contributed by atoms with Crippen molar-refractivity contribution in [3.8, 4) is 5.75 Å². The average molecular weight is 377 g/mol. The van der Waals surface area contributed by atoms with Crippen LogP contribution in [0.15, 0.2) is 60.0 Å². The molecule has 0 saturated carbocycles. The Balaban J connectivity index is 1.75. The van der Waals surface area contributed by atoms with E-state index in [0.29, 0.717) is 5.11 Å². The monoisotopic (exact) mass is 377 g/mol. The van der Waals surface area contributed by atoms with Crippen LogP contribution in [0.1, 0.15) is 23.6 Å². The maximum absolute atomic E-state index is 5.51. The van der Waals surface area contributed by atoms with E-state index in [2.05, 4.69) is 21.4 Å². The third kappa shape index (κ3) is 3.21. The molecule has 3 aromatic rings. The molecule has 1 aromatic heterocycles. The number of rotatable bonds is 3. The lowest BCUT2D eigenvalue weighted by Gasteiger charge is -2.24. The SMILES string of the molecule is CNC(=S)N1N=C(c2ccc(OC)cc2)C[C@@H]1c1cccc2nccnc12. The van der Waals surface area contributed by atoms with Crippen LogP contribution in [0, 0.1) is 0 Å². The molecule has 2 heterocycles. The van der Waals surface area contributed by atoms with Gasteiger partial charge in [-0.1, -0.05) is 12.1 Å². The number of nitrogens with zero attached hydrogens (tertiary/aromatic N) is 4. The molecule has 0 unspecified atom stereocenters. The van der Waals surface area contributed by atoms with Gasteiger partial charge in [-0.3, -0.25) is 9.97 Å². The van der Waals surface area contributed by atoms with E-state index in [0.717, 1.165) is 40.0 Å². The quantitative estimate of drug-likeness (QED) is 0.707. The summed E-state index contributed by atoms with van der Waals surface area (Å²) in [6.45, 7) is 0. The molecule has 0 saturated heterocycles. The predicted molar refractivity (Wildman–Crippen MR) is 110 cm³/mol. The molecule has 1 aliphatic rings. The number of ether oxygens (including phenoxy) is 1. The molecule has 1 atom stereocenters. The first-order chi connectivity index (χ1) is 13.2. The third-order valence-corrected chi connectivity index (χ3v) is 5.04. The van der Waals surface area contributed by atoms with E-state index >= 15 is 0 Å². The highest BCUT2D eigenvalue weighted by molar-refractivity contribution is 7.80. The third-order valence-electron chi connectivity index (χ3n) is 4.64. The van der Waals surface area contributed by atoms with Crippen molar-refractivity contribution in [1.29, 1.82) is 0 Å². The van der Waals surface area contributed by atoms with Crippen molar-refractivity contribution in [3.05, 3.63) is 66.0 Å². The number of fused-ring (bicyclic) bond motifs is 1. The molecule has 1 aliphatic heterocycles. The Kier molecular flexibility index (Phi) is 4.68. The number of thiocarbonyl (C=S) groups is 1. The van der Waals surface area contributed by atoms with Crippen LogP contribution >= 0.6 is 12.2 Å². The molecule has 7 heteroatoms. The molecule has 0 fully saturated rings. The first kappa shape index (κ1) is 17.4. The maximum atomic E-state index is 5.51. The topological polar surface area (TPSA) is 62.6 Å². The summed E-state index contributed by atoms with van der Waals surface area (Å²) >= 11 is 5.51. The number of hydrogen-bond acceptors (Lipinski definition) is 5. The lowest BCUT2D eigenvalue weighted by atomic mass is 9.97. The summed E-state index contributed by atoms with van der Waals surface area (Å²) in [4.78, 5) is 8.96. The molecule has 4 rings (SSSR count). The van der Waals surface area contributed by atoms with Gasteiger partial charge in [-0.2, -0.15) is 5.10 Å². The molecule has 0 spiro atoms. The summed E-state index contributed by atoms with van der Waals surface area (Å²) in [6.07, 6.45) is 4.15. The fraction of sp³-hybridized carbons (Fsp3) is 0.200. The van der Waals surface area contributed by atoms with Gasteiger partial charge in [0.15, 0.2) is 5.11 Å². The van der Waals surface area contributed by atoms with Crippen LogP contribution in [-0.4, -0.2) is 40.0 Å². The van der Waals surface area contributed by atoms with Gasteiger partial charge in [-0.15, -0.1) is 0 Å². The Labute approximate surface area is 162 Å². The molecule has 0 bridgehead atoms. The van der Waals surface area contributed by atoms with Crippen LogP contribution in [0.5, 0.6) is 5.75 Å². The molecule has 27 heavy (non-hydrogen) atoms. The summed E-state index contributed by atoms with van der Waals surface area (Å²) in [5.74, 6) is 0.820. The van der Waals surface area contributed by atoms with E-state index in [-0.39, 0.29) is 6.04 Å². The molecule has 1 N–H and O–H groups in total. The molecule has 6 nitrogen and oxygen atoms in total. The van der Waals surface area contributed by atoms with Crippen molar-refractivity contribution < 1.29 is 4.74 Å². The number of para-hydroxylation sites is 1. The van der Waals surface area contributed by atoms with Gasteiger partial charge < -0.3 is 10.1 Å². The van der Waals surface area contributed by atoms with Crippen LogP contribution in [0.4, 0.5) is 0 Å². The summed E-state index contributed by atoms with van der Waals surface area (Å²) in [5.41, 5.74) is 4.82. The van der Waals surface area contributed by atoms with Gasteiger partial charge in [-0.25, -0.2) is 5.01 Å². The smallest absolute Gasteiger partial charge is 0.189 e. The number of aromatic nitrogens is 2. The fourth-order valence-electron chi connectivity index (χ4n) is 3.30. The second-order valence-electron chi connectivity index (χ2n) is 6.17. The van der Waals surface area contributed by atoms with E-state index in [1.165, 1.54) is 0 Å². The predicted octanol–water partition coefficient (Wildman–Crippen LogP) is 3.29. The molecule has 0 amide bonds. The number of hydrazone groups is 1. The number of hydrogen-bond donors (Lipinski definition) is 1. The molecular weight excluding hydrogens is 358 g/mol. The molecule has 0 aliphatic carbocycles. The highest BCUT2D eigenvalue weighted by Crippen LogP contribution is 2.35. The average Bonchev–Trinajstić information content (AvgIpc) is 3.18. The second kappa shape index (κ2) is 7.28. The number of nitrogens with one attached hydrogen (secondary N) is 1. The van der Waals surface area contributed by atoms with Gasteiger partial charge in [0.05, 0.1) is 29.9 Å². The number of methoxy groups -OCH3 is 1.